The molecule has 0 aliphatic carbocycles. The lowest BCUT2D eigenvalue weighted by atomic mass is 10.2. The van der Waals surface area contributed by atoms with Crippen LogP contribution >= 0.6 is 15.9 Å². The Morgan fingerprint density at radius 1 is 1.50 bits per heavy atom. The van der Waals surface area contributed by atoms with E-state index < -0.39 is 0 Å². The first-order chi connectivity index (χ1) is 6.68. The average molecular weight is 256 g/mol. The summed E-state index contributed by atoms with van der Waals surface area (Å²) in [7, 11) is 0. The zero-order valence-electron chi connectivity index (χ0n) is 6.95. The molecule has 0 unspecified atom stereocenters. The first kappa shape index (κ1) is 9.01. The maximum atomic E-state index is 10.8. The van der Waals surface area contributed by atoms with E-state index in [4.69, 9.17) is 10.3 Å². The van der Waals surface area contributed by atoms with Crippen molar-refractivity contribution >= 4 is 21.7 Å². The third kappa shape index (κ3) is 1.44. The van der Waals surface area contributed by atoms with Crippen molar-refractivity contribution in [3.05, 3.63) is 33.2 Å². The largest absolute Gasteiger partial charge is 0.380 e. The highest BCUT2D eigenvalue weighted by molar-refractivity contribution is 9.10. The highest BCUT2D eigenvalue weighted by Gasteiger charge is 2.12. The number of aromatic amines is 1. The number of nitrogens with two attached hydrogens (primary N) is 1. The van der Waals surface area contributed by atoms with Crippen LogP contribution in [0, 0.1) is 0 Å². The molecule has 0 bridgehead atoms. The topological polar surface area (TPSA) is 84.9 Å². The van der Waals surface area contributed by atoms with Crippen molar-refractivity contribution in [1.29, 1.82) is 0 Å². The number of nitrogens with one attached hydrogen (secondary N) is 1. The molecule has 2 heterocycles. The molecule has 0 aliphatic rings. The number of nitrogens with zero attached hydrogens (tertiary/aromatic N) is 1. The van der Waals surface area contributed by atoms with Gasteiger partial charge in [-0.25, -0.2) is 0 Å². The van der Waals surface area contributed by atoms with Gasteiger partial charge in [0.2, 0.25) is 5.56 Å². The monoisotopic (exact) mass is 255 g/mol. The van der Waals surface area contributed by atoms with Crippen LogP contribution in [0.5, 0.6) is 0 Å². The SMILES string of the molecule is Nc1noc(-c2ccc(=O)[nH]c2)c1Br. The molecule has 5 nitrogen and oxygen atoms in total. The second kappa shape index (κ2) is 3.30. The first-order valence-electron chi connectivity index (χ1n) is 3.78. The van der Waals surface area contributed by atoms with Gasteiger partial charge in [0.25, 0.3) is 0 Å². The van der Waals surface area contributed by atoms with E-state index in [2.05, 4.69) is 26.1 Å². The minimum absolute atomic E-state index is 0.169. The average Bonchev–Trinajstić information content (AvgIpc) is 2.50. The number of hydrogen-bond donors (Lipinski definition) is 2. The van der Waals surface area contributed by atoms with Crippen molar-refractivity contribution in [3.8, 4) is 11.3 Å². The second-order valence-electron chi connectivity index (χ2n) is 2.65. The Morgan fingerprint density at radius 2 is 2.29 bits per heavy atom. The molecule has 0 atom stereocenters. The van der Waals surface area contributed by atoms with Gasteiger partial charge in [-0.05, 0) is 22.0 Å². The summed E-state index contributed by atoms with van der Waals surface area (Å²) < 4.78 is 5.56. The molecule has 0 saturated carbocycles. The van der Waals surface area contributed by atoms with Crippen LogP contribution in [0.4, 0.5) is 5.82 Å². The second-order valence-corrected chi connectivity index (χ2v) is 3.45. The Hall–Kier alpha value is -1.56. The van der Waals surface area contributed by atoms with Crippen molar-refractivity contribution in [2.45, 2.75) is 0 Å². The van der Waals surface area contributed by atoms with Gasteiger partial charge in [0.15, 0.2) is 11.6 Å². The van der Waals surface area contributed by atoms with Crippen LogP contribution in [0.1, 0.15) is 0 Å². The molecule has 0 aromatic carbocycles. The van der Waals surface area contributed by atoms with Crippen molar-refractivity contribution in [2.75, 3.05) is 5.73 Å². The normalized spacial score (nSPS) is 10.4. The molecule has 0 saturated heterocycles. The lowest BCUT2D eigenvalue weighted by Crippen LogP contribution is -2.01. The molecule has 2 aromatic heterocycles. The predicted octanol–water partition coefficient (Wildman–Crippen LogP) is 1.37. The van der Waals surface area contributed by atoms with E-state index in [1.807, 2.05) is 0 Å². The van der Waals surface area contributed by atoms with E-state index >= 15 is 0 Å². The molecule has 2 aromatic rings. The molecule has 72 valence electrons. The third-order valence-electron chi connectivity index (χ3n) is 1.71. The number of rotatable bonds is 1. The van der Waals surface area contributed by atoms with Crippen LogP contribution in [0.25, 0.3) is 11.3 Å². The van der Waals surface area contributed by atoms with E-state index in [0.29, 0.717) is 15.8 Å². The number of anilines is 1. The Kier molecular flexibility index (Phi) is 2.12. The van der Waals surface area contributed by atoms with Gasteiger partial charge in [-0.3, -0.25) is 4.79 Å². The molecule has 0 aliphatic heterocycles. The third-order valence-corrected chi connectivity index (χ3v) is 2.47. The maximum absolute atomic E-state index is 10.8. The smallest absolute Gasteiger partial charge is 0.247 e. The minimum atomic E-state index is -0.169. The zero-order valence-corrected chi connectivity index (χ0v) is 8.54. The van der Waals surface area contributed by atoms with Crippen molar-refractivity contribution in [1.82, 2.24) is 10.1 Å². The summed E-state index contributed by atoms with van der Waals surface area (Å²) in [5.74, 6) is 0.782. The van der Waals surface area contributed by atoms with Crippen LogP contribution in [-0.4, -0.2) is 10.1 Å². The van der Waals surface area contributed by atoms with Crippen LogP contribution < -0.4 is 11.3 Å². The van der Waals surface area contributed by atoms with Gasteiger partial charge in [0, 0.05) is 17.8 Å². The standard InChI is InChI=1S/C8H6BrN3O2/c9-6-7(14-12-8(6)10)4-1-2-5(13)11-3-4/h1-3H,(H2,10,12)(H,11,13). The van der Waals surface area contributed by atoms with Gasteiger partial charge >= 0.3 is 0 Å². The van der Waals surface area contributed by atoms with E-state index in [9.17, 15) is 4.79 Å². The molecule has 2 rings (SSSR count). The van der Waals surface area contributed by atoms with Crippen LogP contribution in [0.15, 0.2) is 32.1 Å². The fourth-order valence-electron chi connectivity index (χ4n) is 1.02. The van der Waals surface area contributed by atoms with Crippen LogP contribution in [-0.2, 0) is 0 Å². The van der Waals surface area contributed by atoms with Crippen LogP contribution in [0.2, 0.25) is 0 Å². The minimum Gasteiger partial charge on any atom is -0.380 e. The summed E-state index contributed by atoms with van der Waals surface area (Å²) >= 11 is 3.23. The number of aromatic nitrogens is 2. The van der Waals surface area contributed by atoms with Gasteiger partial charge in [-0.1, -0.05) is 5.16 Å². The Balaban J connectivity index is 2.55. The number of nitrogen functional groups attached to an aromatic ring is 1. The van der Waals surface area contributed by atoms with Gasteiger partial charge in [-0.2, -0.15) is 0 Å². The maximum Gasteiger partial charge on any atom is 0.247 e. The molecule has 0 spiro atoms. The summed E-state index contributed by atoms with van der Waals surface area (Å²) in [6.45, 7) is 0. The van der Waals surface area contributed by atoms with E-state index in [-0.39, 0.29) is 11.4 Å². The predicted molar refractivity (Wildman–Crippen MR) is 54.7 cm³/mol. The van der Waals surface area contributed by atoms with E-state index in [0.717, 1.165) is 0 Å². The molecule has 0 fully saturated rings. The highest BCUT2D eigenvalue weighted by atomic mass is 79.9. The molecule has 0 amide bonds. The number of hydrogen-bond acceptors (Lipinski definition) is 4. The Bertz CT molecular complexity index is 497. The Morgan fingerprint density at radius 3 is 2.79 bits per heavy atom. The summed E-state index contributed by atoms with van der Waals surface area (Å²) in [6.07, 6.45) is 1.53. The molecular formula is C8H6BrN3O2. The summed E-state index contributed by atoms with van der Waals surface area (Å²) in [4.78, 5) is 13.3. The summed E-state index contributed by atoms with van der Waals surface area (Å²) in [6, 6.07) is 3.03. The molecule has 6 heteroatoms. The first-order valence-corrected chi connectivity index (χ1v) is 4.57. The van der Waals surface area contributed by atoms with Gasteiger partial charge in [0.05, 0.1) is 0 Å². The Labute approximate surface area is 87.0 Å². The number of pyridine rings is 1. The molecule has 14 heavy (non-hydrogen) atoms. The van der Waals surface area contributed by atoms with Gasteiger partial charge in [0.1, 0.15) is 4.47 Å². The fourth-order valence-corrected chi connectivity index (χ4v) is 1.40. The lowest BCUT2D eigenvalue weighted by molar-refractivity contribution is 0.435. The van der Waals surface area contributed by atoms with Gasteiger partial charge < -0.3 is 15.2 Å². The van der Waals surface area contributed by atoms with Gasteiger partial charge in [-0.15, -0.1) is 0 Å². The number of halogens is 1. The summed E-state index contributed by atoms with van der Waals surface area (Å²) in [5.41, 5.74) is 6.02. The van der Waals surface area contributed by atoms with Crippen molar-refractivity contribution in [3.63, 3.8) is 0 Å². The van der Waals surface area contributed by atoms with Crippen molar-refractivity contribution < 1.29 is 4.52 Å². The molecule has 0 radical (unpaired) electrons. The van der Waals surface area contributed by atoms with E-state index in [1.54, 1.807) is 6.07 Å². The van der Waals surface area contributed by atoms with Crippen molar-refractivity contribution in [2.24, 2.45) is 0 Å². The summed E-state index contributed by atoms with van der Waals surface area (Å²) in [5, 5.41) is 3.58. The quantitative estimate of drug-likeness (QED) is 0.806. The molecular weight excluding hydrogens is 250 g/mol. The highest BCUT2D eigenvalue weighted by Crippen LogP contribution is 2.31. The number of H-pyrrole nitrogens is 1. The zero-order chi connectivity index (χ0) is 10.1. The molecule has 3 N–H and O–H groups in total. The lowest BCUT2D eigenvalue weighted by Gasteiger charge is -1.93. The van der Waals surface area contributed by atoms with E-state index in [1.165, 1.54) is 12.3 Å². The fraction of sp³-hybridized carbons (Fsp3) is 0. The van der Waals surface area contributed by atoms with Crippen LogP contribution in [0.3, 0.4) is 0 Å².